The van der Waals surface area contributed by atoms with Crippen LogP contribution in [0.15, 0.2) is 41.1 Å². The maximum atomic E-state index is 6.23. The molecular formula is C16H18BrClN2. The number of benzene rings is 1. The van der Waals surface area contributed by atoms with Gasteiger partial charge in [-0.25, -0.2) is 0 Å². The van der Waals surface area contributed by atoms with Gasteiger partial charge in [-0.15, -0.1) is 0 Å². The Hall–Kier alpha value is -0.900. The van der Waals surface area contributed by atoms with Crippen molar-refractivity contribution in [3.8, 4) is 0 Å². The van der Waals surface area contributed by atoms with Gasteiger partial charge in [0, 0.05) is 16.9 Å². The van der Waals surface area contributed by atoms with Gasteiger partial charge in [0.15, 0.2) is 0 Å². The summed E-state index contributed by atoms with van der Waals surface area (Å²) in [5.74, 6) is 0. The van der Waals surface area contributed by atoms with E-state index in [1.807, 2.05) is 30.6 Å². The first kappa shape index (κ1) is 15.5. The van der Waals surface area contributed by atoms with Gasteiger partial charge in [0.25, 0.3) is 0 Å². The Morgan fingerprint density at radius 2 is 2.15 bits per heavy atom. The first-order chi connectivity index (χ1) is 9.63. The molecule has 0 aliphatic heterocycles. The average Bonchev–Trinajstić information content (AvgIpc) is 2.44. The van der Waals surface area contributed by atoms with Crippen LogP contribution in [0.3, 0.4) is 0 Å². The Morgan fingerprint density at radius 3 is 2.80 bits per heavy atom. The highest BCUT2D eigenvalue weighted by Crippen LogP contribution is 2.30. The Labute approximate surface area is 133 Å². The van der Waals surface area contributed by atoms with Crippen LogP contribution in [0.5, 0.6) is 0 Å². The summed E-state index contributed by atoms with van der Waals surface area (Å²) in [5.41, 5.74) is 3.58. The van der Waals surface area contributed by atoms with E-state index in [1.165, 1.54) is 11.1 Å². The molecule has 1 heterocycles. The Morgan fingerprint density at radius 1 is 1.35 bits per heavy atom. The van der Waals surface area contributed by atoms with E-state index in [-0.39, 0.29) is 6.04 Å². The highest BCUT2D eigenvalue weighted by atomic mass is 79.9. The van der Waals surface area contributed by atoms with E-state index in [2.05, 4.69) is 46.1 Å². The summed E-state index contributed by atoms with van der Waals surface area (Å²) in [6, 6.07) is 8.25. The first-order valence-electron chi connectivity index (χ1n) is 6.72. The number of hydrogen-bond donors (Lipinski definition) is 1. The average molecular weight is 354 g/mol. The zero-order valence-electron chi connectivity index (χ0n) is 11.7. The number of halogens is 2. The van der Waals surface area contributed by atoms with Crippen LogP contribution < -0.4 is 5.32 Å². The predicted molar refractivity (Wildman–Crippen MR) is 88.3 cm³/mol. The molecule has 1 aromatic heterocycles. The molecule has 0 saturated carbocycles. The van der Waals surface area contributed by atoms with Crippen molar-refractivity contribution < 1.29 is 0 Å². The molecule has 0 aliphatic carbocycles. The minimum atomic E-state index is 0.120. The van der Waals surface area contributed by atoms with Crippen LogP contribution in [0.2, 0.25) is 5.02 Å². The summed E-state index contributed by atoms with van der Waals surface area (Å²) in [6.07, 6.45) is 4.84. The second-order valence-electron chi connectivity index (χ2n) is 4.79. The van der Waals surface area contributed by atoms with E-state index >= 15 is 0 Å². The molecule has 20 heavy (non-hydrogen) atoms. The zero-order chi connectivity index (χ0) is 14.5. The molecule has 0 amide bonds. The molecule has 0 bridgehead atoms. The summed E-state index contributed by atoms with van der Waals surface area (Å²) < 4.78 is 0.917. The van der Waals surface area contributed by atoms with Gasteiger partial charge in [0.2, 0.25) is 0 Å². The number of nitrogens with zero attached hydrogens (tertiary/aromatic N) is 1. The van der Waals surface area contributed by atoms with Crippen molar-refractivity contribution in [2.45, 2.75) is 26.3 Å². The fourth-order valence-electron chi connectivity index (χ4n) is 2.17. The zero-order valence-corrected chi connectivity index (χ0v) is 14.0. The molecule has 1 aromatic carbocycles. The molecule has 0 aliphatic rings. The normalized spacial score (nSPS) is 12.4. The summed E-state index contributed by atoms with van der Waals surface area (Å²) in [7, 11) is 0. The maximum absolute atomic E-state index is 6.23. The van der Waals surface area contributed by atoms with Crippen molar-refractivity contribution in [3.63, 3.8) is 0 Å². The SMILES string of the molecule is CCCNC(c1ccc(Br)c(Cl)c1)c1cnccc1C. The number of pyridine rings is 1. The van der Waals surface area contributed by atoms with Gasteiger partial charge in [0.05, 0.1) is 11.1 Å². The van der Waals surface area contributed by atoms with Crippen molar-refractivity contribution >= 4 is 27.5 Å². The van der Waals surface area contributed by atoms with Gasteiger partial charge >= 0.3 is 0 Å². The predicted octanol–water partition coefficient (Wildman–Crippen LogP) is 4.89. The Balaban J connectivity index is 2.41. The van der Waals surface area contributed by atoms with Crippen LogP contribution in [0, 0.1) is 6.92 Å². The van der Waals surface area contributed by atoms with E-state index in [4.69, 9.17) is 11.6 Å². The number of nitrogens with one attached hydrogen (secondary N) is 1. The molecule has 1 N–H and O–H groups in total. The molecule has 1 atom stereocenters. The van der Waals surface area contributed by atoms with E-state index in [0.29, 0.717) is 0 Å². The molecule has 2 rings (SSSR count). The molecule has 0 saturated heterocycles. The van der Waals surface area contributed by atoms with Gasteiger partial charge in [-0.05, 0) is 70.7 Å². The van der Waals surface area contributed by atoms with Crippen molar-refractivity contribution in [2.24, 2.45) is 0 Å². The number of hydrogen-bond acceptors (Lipinski definition) is 2. The first-order valence-corrected chi connectivity index (χ1v) is 7.89. The van der Waals surface area contributed by atoms with Crippen molar-refractivity contribution in [1.82, 2.24) is 10.3 Å². The molecule has 0 spiro atoms. The molecular weight excluding hydrogens is 336 g/mol. The van der Waals surface area contributed by atoms with E-state index in [1.54, 1.807) is 0 Å². The van der Waals surface area contributed by atoms with Crippen molar-refractivity contribution in [3.05, 3.63) is 62.8 Å². The third kappa shape index (κ3) is 3.60. The minimum Gasteiger partial charge on any atom is -0.306 e. The van der Waals surface area contributed by atoms with Gasteiger partial charge in [-0.2, -0.15) is 0 Å². The third-order valence-electron chi connectivity index (χ3n) is 3.27. The standard InChI is InChI=1S/C16H18BrClN2/c1-3-7-20-16(13-10-19-8-6-11(13)2)12-4-5-14(17)15(18)9-12/h4-6,8-10,16,20H,3,7H2,1-2H3. The van der Waals surface area contributed by atoms with Crippen LogP contribution in [-0.4, -0.2) is 11.5 Å². The molecule has 0 fully saturated rings. The third-order valence-corrected chi connectivity index (χ3v) is 4.50. The van der Waals surface area contributed by atoms with Crippen LogP contribution in [0.4, 0.5) is 0 Å². The van der Waals surface area contributed by atoms with E-state index in [9.17, 15) is 0 Å². The maximum Gasteiger partial charge on any atom is 0.0595 e. The number of aromatic nitrogens is 1. The summed E-state index contributed by atoms with van der Waals surface area (Å²) in [5, 5.41) is 4.30. The Kier molecular flexibility index (Phi) is 5.58. The molecule has 2 nitrogen and oxygen atoms in total. The van der Waals surface area contributed by atoms with E-state index < -0.39 is 0 Å². The lowest BCUT2D eigenvalue weighted by molar-refractivity contribution is 0.594. The number of rotatable bonds is 5. The van der Waals surface area contributed by atoms with Crippen molar-refractivity contribution in [1.29, 1.82) is 0 Å². The number of aryl methyl sites for hydroxylation is 1. The van der Waals surface area contributed by atoms with Gasteiger partial charge < -0.3 is 5.32 Å². The summed E-state index contributed by atoms with van der Waals surface area (Å²) in [4.78, 5) is 4.26. The quantitative estimate of drug-likeness (QED) is 0.827. The molecule has 106 valence electrons. The molecule has 1 unspecified atom stereocenters. The van der Waals surface area contributed by atoms with E-state index in [0.717, 1.165) is 28.0 Å². The molecule has 0 radical (unpaired) electrons. The largest absolute Gasteiger partial charge is 0.306 e. The highest BCUT2D eigenvalue weighted by molar-refractivity contribution is 9.10. The minimum absolute atomic E-state index is 0.120. The fourth-order valence-corrected chi connectivity index (χ4v) is 2.60. The van der Waals surface area contributed by atoms with Gasteiger partial charge in [-0.3, -0.25) is 4.98 Å². The van der Waals surface area contributed by atoms with Crippen LogP contribution in [0.1, 0.15) is 36.1 Å². The van der Waals surface area contributed by atoms with Crippen LogP contribution in [-0.2, 0) is 0 Å². The molecule has 2 aromatic rings. The summed E-state index contributed by atoms with van der Waals surface area (Å²) in [6.45, 7) is 5.22. The van der Waals surface area contributed by atoms with Gasteiger partial charge in [0.1, 0.15) is 0 Å². The monoisotopic (exact) mass is 352 g/mol. The lowest BCUT2D eigenvalue weighted by Crippen LogP contribution is -2.24. The summed E-state index contributed by atoms with van der Waals surface area (Å²) >= 11 is 9.67. The van der Waals surface area contributed by atoms with Gasteiger partial charge in [-0.1, -0.05) is 24.6 Å². The smallest absolute Gasteiger partial charge is 0.0595 e. The topological polar surface area (TPSA) is 24.9 Å². The Bertz CT molecular complexity index is 586. The lowest BCUT2D eigenvalue weighted by atomic mass is 9.96. The highest BCUT2D eigenvalue weighted by Gasteiger charge is 2.16. The molecule has 4 heteroatoms. The second kappa shape index (κ2) is 7.21. The lowest BCUT2D eigenvalue weighted by Gasteiger charge is -2.21. The van der Waals surface area contributed by atoms with Crippen LogP contribution in [0.25, 0.3) is 0 Å². The van der Waals surface area contributed by atoms with Crippen molar-refractivity contribution in [2.75, 3.05) is 6.54 Å². The fraction of sp³-hybridized carbons (Fsp3) is 0.312. The second-order valence-corrected chi connectivity index (χ2v) is 6.05. The van der Waals surface area contributed by atoms with Crippen LogP contribution >= 0.6 is 27.5 Å².